The number of aromatic carboxylic acids is 1. The van der Waals surface area contributed by atoms with E-state index in [1.165, 1.54) is 17.0 Å². The van der Waals surface area contributed by atoms with Gasteiger partial charge in [0.15, 0.2) is 0 Å². The minimum atomic E-state index is -5.03. The number of carboxylic acid groups (broad SMARTS) is 1. The maximum atomic E-state index is 13.6. The van der Waals surface area contributed by atoms with Gasteiger partial charge >= 0.3 is 24.4 Å². The van der Waals surface area contributed by atoms with Crippen LogP contribution in [-0.4, -0.2) is 34.7 Å². The molecule has 2 atom stereocenters. The van der Waals surface area contributed by atoms with E-state index in [4.69, 9.17) is 4.74 Å². The van der Waals surface area contributed by atoms with Crippen LogP contribution < -0.4 is 0 Å². The normalized spacial score (nSPS) is 20.2. The van der Waals surface area contributed by atoms with Crippen molar-refractivity contribution in [2.24, 2.45) is 5.41 Å². The van der Waals surface area contributed by atoms with Crippen LogP contribution in [0.5, 0.6) is 0 Å². The molecule has 11 heteroatoms. The highest BCUT2D eigenvalue weighted by Crippen LogP contribution is 2.46. The van der Waals surface area contributed by atoms with Gasteiger partial charge in [-0.25, -0.2) is 9.59 Å². The van der Waals surface area contributed by atoms with Gasteiger partial charge in [0.05, 0.1) is 22.7 Å². The first-order valence-corrected chi connectivity index (χ1v) is 14.8. The van der Waals surface area contributed by atoms with Crippen molar-refractivity contribution < 1.29 is 45.8 Å². The second-order valence-corrected chi connectivity index (χ2v) is 12.8. The van der Waals surface area contributed by atoms with E-state index in [1.54, 1.807) is 19.1 Å². The quantitative estimate of drug-likeness (QED) is 0.271. The van der Waals surface area contributed by atoms with Crippen LogP contribution in [0.1, 0.15) is 84.3 Å². The average Bonchev–Trinajstić information content (AvgIpc) is 3.24. The molecule has 1 fully saturated rings. The monoisotopic (exact) mass is 645 g/mol. The van der Waals surface area contributed by atoms with Crippen molar-refractivity contribution in [3.05, 3.63) is 99.6 Å². The van der Waals surface area contributed by atoms with E-state index in [0.29, 0.717) is 25.0 Å². The van der Waals surface area contributed by atoms with Crippen LogP contribution in [0.4, 0.5) is 31.1 Å². The molecule has 5 nitrogen and oxygen atoms in total. The Morgan fingerprint density at radius 3 is 2.09 bits per heavy atom. The summed E-state index contributed by atoms with van der Waals surface area (Å²) in [5.41, 5.74) is 2.31. The third-order valence-corrected chi connectivity index (χ3v) is 8.89. The molecule has 0 unspecified atom stereocenters. The number of carbonyl (C=O) groups excluding carboxylic acids is 1. The van der Waals surface area contributed by atoms with Gasteiger partial charge in [0, 0.05) is 6.54 Å². The summed E-state index contributed by atoms with van der Waals surface area (Å²) in [6.07, 6.45) is -10.1. The van der Waals surface area contributed by atoms with Crippen LogP contribution in [0.25, 0.3) is 16.7 Å². The molecule has 1 aliphatic carbocycles. The second kappa shape index (κ2) is 11.8. The molecular weight excluding hydrogens is 612 g/mol. The number of alkyl halides is 6. The lowest BCUT2D eigenvalue weighted by Crippen LogP contribution is -2.35. The average molecular weight is 646 g/mol. The van der Waals surface area contributed by atoms with Gasteiger partial charge in [0.1, 0.15) is 6.10 Å². The van der Waals surface area contributed by atoms with E-state index in [2.05, 4.69) is 13.8 Å². The summed E-state index contributed by atoms with van der Waals surface area (Å²) >= 11 is 0. The zero-order valence-electron chi connectivity index (χ0n) is 25.6. The number of allylic oxidation sites excluding steroid dienone is 1. The van der Waals surface area contributed by atoms with Gasteiger partial charge in [-0.15, -0.1) is 0 Å². The largest absolute Gasteiger partial charge is 0.478 e. The molecule has 5 rings (SSSR count). The number of halogens is 6. The molecule has 1 heterocycles. The van der Waals surface area contributed by atoms with Crippen molar-refractivity contribution in [3.63, 3.8) is 0 Å². The number of hydrogen-bond acceptors (Lipinski definition) is 3. The lowest BCUT2D eigenvalue weighted by atomic mass is 9.72. The fourth-order valence-corrected chi connectivity index (χ4v) is 6.33. The summed E-state index contributed by atoms with van der Waals surface area (Å²) < 4.78 is 86.8. The fraction of sp³-hybridized carbons (Fsp3) is 0.371. The number of ether oxygens (including phenoxy) is 1. The summed E-state index contributed by atoms with van der Waals surface area (Å²) in [7, 11) is 0. The Kier molecular flexibility index (Phi) is 8.50. The maximum absolute atomic E-state index is 13.6. The fourth-order valence-electron chi connectivity index (χ4n) is 6.33. The first kappa shape index (κ1) is 33.1. The third-order valence-electron chi connectivity index (χ3n) is 8.89. The Bertz CT molecular complexity index is 1670. The van der Waals surface area contributed by atoms with Gasteiger partial charge in [0.25, 0.3) is 0 Å². The molecular formula is C35H33F6NO4. The minimum absolute atomic E-state index is 0.0558. The highest BCUT2D eigenvalue weighted by molar-refractivity contribution is 5.88. The number of rotatable bonds is 6. The van der Waals surface area contributed by atoms with Gasteiger partial charge in [-0.3, -0.25) is 4.90 Å². The van der Waals surface area contributed by atoms with Crippen LogP contribution in [0, 0.1) is 12.3 Å². The van der Waals surface area contributed by atoms with Crippen molar-refractivity contribution in [2.45, 2.75) is 71.5 Å². The number of aryl methyl sites for hydroxylation is 1. The Labute approximate surface area is 262 Å². The number of hydrogen-bond donors (Lipinski definition) is 1. The van der Waals surface area contributed by atoms with Crippen molar-refractivity contribution >= 4 is 17.6 Å². The third kappa shape index (κ3) is 6.78. The zero-order chi connectivity index (χ0) is 33.8. The molecule has 0 aromatic heterocycles. The number of benzene rings is 3. The number of cyclic esters (lactones) is 1. The number of carbonyl (C=O) groups is 2. The molecule has 46 heavy (non-hydrogen) atoms. The zero-order valence-corrected chi connectivity index (χ0v) is 25.6. The molecule has 0 spiro atoms. The molecule has 1 saturated heterocycles. The van der Waals surface area contributed by atoms with Gasteiger partial charge in [0.2, 0.25) is 0 Å². The predicted molar refractivity (Wildman–Crippen MR) is 160 cm³/mol. The molecule has 1 N–H and O–H groups in total. The molecule has 1 amide bonds. The highest BCUT2D eigenvalue weighted by atomic mass is 19.4. The predicted octanol–water partition coefficient (Wildman–Crippen LogP) is 9.94. The first-order valence-electron chi connectivity index (χ1n) is 14.8. The second-order valence-electron chi connectivity index (χ2n) is 12.8. The van der Waals surface area contributed by atoms with E-state index in [1.807, 2.05) is 25.1 Å². The molecule has 0 saturated carbocycles. The van der Waals surface area contributed by atoms with Crippen LogP contribution in [-0.2, 0) is 17.1 Å². The van der Waals surface area contributed by atoms with E-state index in [-0.39, 0.29) is 29.2 Å². The van der Waals surface area contributed by atoms with Gasteiger partial charge < -0.3 is 9.84 Å². The summed E-state index contributed by atoms with van der Waals surface area (Å²) in [5, 5.41) is 9.28. The number of nitrogens with zero attached hydrogens (tertiary/aromatic N) is 1. The molecule has 1 aliphatic heterocycles. The Morgan fingerprint density at radius 2 is 1.52 bits per heavy atom. The highest BCUT2D eigenvalue weighted by Gasteiger charge is 2.44. The van der Waals surface area contributed by atoms with E-state index < -0.39 is 47.7 Å². The van der Waals surface area contributed by atoms with Gasteiger partial charge in [-0.1, -0.05) is 38.1 Å². The Hall–Kier alpha value is -4.28. The first-order chi connectivity index (χ1) is 21.3. The van der Waals surface area contributed by atoms with Crippen LogP contribution in [0.15, 0.2) is 66.2 Å². The summed E-state index contributed by atoms with van der Waals surface area (Å²) in [6.45, 7) is 7.80. The molecule has 0 radical (unpaired) electrons. The lowest BCUT2D eigenvalue weighted by Gasteiger charge is -2.35. The van der Waals surface area contributed by atoms with Gasteiger partial charge in [-0.05, 0) is 114 Å². The summed E-state index contributed by atoms with van der Waals surface area (Å²) in [6, 6.07) is 13.0. The smallest absolute Gasteiger partial charge is 0.416 e. The Morgan fingerprint density at radius 1 is 0.935 bits per heavy atom. The van der Waals surface area contributed by atoms with E-state index in [0.717, 1.165) is 39.8 Å². The summed E-state index contributed by atoms with van der Waals surface area (Å²) in [5.74, 6) is -1.03. The molecule has 0 bridgehead atoms. The van der Waals surface area contributed by atoms with E-state index >= 15 is 0 Å². The van der Waals surface area contributed by atoms with Crippen molar-refractivity contribution in [3.8, 4) is 11.1 Å². The lowest BCUT2D eigenvalue weighted by molar-refractivity contribution is -0.143. The molecule has 2 aliphatic rings. The van der Waals surface area contributed by atoms with Gasteiger partial charge in [-0.2, -0.15) is 26.3 Å². The minimum Gasteiger partial charge on any atom is -0.478 e. The van der Waals surface area contributed by atoms with Crippen molar-refractivity contribution in [1.29, 1.82) is 0 Å². The topological polar surface area (TPSA) is 66.8 Å². The van der Waals surface area contributed by atoms with Crippen LogP contribution in [0.2, 0.25) is 0 Å². The molecule has 3 aromatic carbocycles. The SMILES string of the molecule is Cc1ccc(C2=C(CN3C(=O)O[C@H](c4cc(C(F)(F)F)cc(C(F)(F)F)c4)[C@@H]3C)CC(C)(C)CC2)cc1-c1ccc(C(=O)O)cc1. The number of carboxylic acids is 1. The summed E-state index contributed by atoms with van der Waals surface area (Å²) in [4.78, 5) is 25.9. The Balaban J connectivity index is 1.51. The van der Waals surface area contributed by atoms with Crippen LogP contribution >= 0.6 is 0 Å². The number of amides is 1. The van der Waals surface area contributed by atoms with E-state index in [9.17, 15) is 41.0 Å². The molecule has 3 aromatic rings. The standard InChI is InChI=1S/C35H33F6NO4/c1-19-5-6-23(15-29(19)21-7-9-22(10-8-21)31(43)44)28-11-12-33(3,4)17-25(28)18-42-20(2)30(46-32(42)45)24-13-26(34(36,37)38)16-27(14-24)35(39,40)41/h5-10,13-16,20,30H,11-12,17-18H2,1-4H3,(H,43,44)/t20-,30-/m0/s1. The molecule has 244 valence electrons. The maximum Gasteiger partial charge on any atom is 0.416 e. The van der Waals surface area contributed by atoms with Crippen molar-refractivity contribution in [2.75, 3.05) is 6.54 Å². The van der Waals surface area contributed by atoms with Crippen molar-refractivity contribution in [1.82, 2.24) is 4.90 Å². The van der Waals surface area contributed by atoms with Crippen LogP contribution in [0.3, 0.4) is 0 Å².